The number of hydrogen-bond donors (Lipinski definition) is 1. The van der Waals surface area contributed by atoms with Crippen molar-refractivity contribution < 1.29 is 4.79 Å². The van der Waals surface area contributed by atoms with Crippen LogP contribution < -0.4 is 5.32 Å². The Morgan fingerprint density at radius 3 is 2.96 bits per heavy atom. The average molecular weight is 324 g/mol. The minimum atomic E-state index is -0.196. The molecule has 0 radical (unpaired) electrons. The van der Waals surface area contributed by atoms with E-state index in [1.165, 1.54) is 0 Å². The number of nitriles is 1. The molecule has 3 rings (SSSR count). The average Bonchev–Trinajstić information content (AvgIpc) is 3.23. The van der Waals surface area contributed by atoms with Gasteiger partial charge < -0.3 is 10.2 Å². The van der Waals surface area contributed by atoms with Crippen LogP contribution in [-0.4, -0.2) is 44.7 Å². The molecule has 7 nitrogen and oxygen atoms in total. The summed E-state index contributed by atoms with van der Waals surface area (Å²) in [5.74, 6) is -0.196. The van der Waals surface area contributed by atoms with Crippen LogP contribution in [0.1, 0.15) is 29.4 Å². The van der Waals surface area contributed by atoms with Gasteiger partial charge in [0.25, 0.3) is 5.91 Å². The van der Waals surface area contributed by atoms with E-state index in [1.54, 1.807) is 17.2 Å². The third-order valence-corrected chi connectivity index (χ3v) is 4.28. The number of aromatic nitrogens is 3. The summed E-state index contributed by atoms with van der Waals surface area (Å²) in [6.45, 7) is 6.06. The first-order valence-electron chi connectivity index (χ1n) is 8.05. The van der Waals surface area contributed by atoms with Crippen LogP contribution >= 0.6 is 0 Å². The number of carbonyl (C=O) groups excluding carboxylic acids is 1. The number of aryl methyl sites for hydroxylation is 2. The zero-order valence-electron chi connectivity index (χ0n) is 13.9. The molecule has 1 unspecified atom stereocenters. The molecule has 1 amide bonds. The molecule has 2 aromatic heterocycles. The quantitative estimate of drug-likeness (QED) is 0.863. The van der Waals surface area contributed by atoms with Gasteiger partial charge in [-0.3, -0.25) is 14.5 Å². The number of pyridine rings is 1. The van der Waals surface area contributed by atoms with Gasteiger partial charge in [-0.1, -0.05) is 0 Å². The standard InChI is InChI=1S/C17H20N6O/c1-3-23-9-13(7-20-23)15-8-19-16(6-12(15)2)17(24)21-14-4-5-22(10-14)11-18/h6-9,14H,3-5,10H2,1-2H3,(H,21,24). The molecule has 0 aromatic carbocycles. The van der Waals surface area contributed by atoms with Crippen molar-refractivity contribution in [3.05, 3.63) is 35.9 Å². The van der Waals surface area contributed by atoms with Crippen molar-refractivity contribution in [3.8, 4) is 17.3 Å². The van der Waals surface area contributed by atoms with E-state index in [0.29, 0.717) is 18.8 Å². The van der Waals surface area contributed by atoms with E-state index in [1.807, 2.05) is 30.9 Å². The number of carbonyl (C=O) groups is 1. The van der Waals surface area contributed by atoms with Gasteiger partial charge in [0.1, 0.15) is 5.69 Å². The first-order chi connectivity index (χ1) is 11.6. The highest BCUT2D eigenvalue weighted by Crippen LogP contribution is 2.22. The third-order valence-electron chi connectivity index (χ3n) is 4.28. The highest BCUT2D eigenvalue weighted by Gasteiger charge is 2.24. The van der Waals surface area contributed by atoms with E-state index >= 15 is 0 Å². The minimum Gasteiger partial charge on any atom is -0.346 e. The van der Waals surface area contributed by atoms with Crippen LogP contribution in [0.4, 0.5) is 0 Å². The van der Waals surface area contributed by atoms with Crippen molar-refractivity contribution in [3.63, 3.8) is 0 Å². The number of hydrogen-bond acceptors (Lipinski definition) is 5. The van der Waals surface area contributed by atoms with Gasteiger partial charge >= 0.3 is 0 Å². The van der Waals surface area contributed by atoms with E-state index in [0.717, 1.165) is 29.7 Å². The molecule has 24 heavy (non-hydrogen) atoms. The van der Waals surface area contributed by atoms with Gasteiger partial charge in [0.05, 0.1) is 6.20 Å². The second-order valence-corrected chi connectivity index (χ2v) is 5.97. The number of rotatable bonds is 4. The van der Waals surface area contributed by atoms with Crippen molar-refractivity contribution in [2.45, 2.75) is 32.9 Å². The first kappa shape index (κ1) is 16.0. The van der Waals surface area contributed by atoms with Crippen molar-refractivity contribution in [1.29, 1.82) is 5.26 Å². The summed E-state index contributed by atoms with van der Waals surface area (Å²) in [7, 11) is 0. The Morgan fingerprint density at radius 2 is 2.33 bits per heavy atom. The zero-order valence-corrected chi connectivity index (χ0v) is 13.9. The van der Waals surface area contributed by atoms with Gasteiger partial charge in [0.15, 0.2) is 6.19 Å². The van der Waals surface area contributed by atoms with Crippen molar-refractivity contribution in [1.82, 2.24) is 25.0 Å². The van der Waals surface area contributed by atoms with Crippen molar-refractivity contribution in [2.24, 2.45) is 0 Å². The molecular weight excluding hydrogens is 304 g/mol. The molecule has 3 heterocycles. The van der Waals surface area contributed by atoms with Crippen LogP contribution in [0, 0.1) is 18.4 Å². The Bertz CT molecular complexity index is 791. The molecule has 7 heteroatoms. The highest BCUT2D eigenvalue weighted by molar-refractivity contribution is 5.93. The van der Waals surface area contributed by atoms with Crippen molar-refractivity contribution >= 4 is 5.91 Å². The normalized spacial score (nSPS) is 16.9. The topological polar surface area (TPSA) is 86.8 Å². The third kappa shape index (κ3) is 3.23. The molecule has 1 saturated heterocycles. The lowest BCUT2D eigenvalue weighted by Crippen LogP contribution is -2.36. The summed E-state index contributed by atoms with van der Waals surface area (Å²) >= 11 is 0. The number of amides is 1. The predicted molar refractivity (Wildman–Crippen MR) is 88.9 cm³/mol. The molecule has 1 fully saturated rings. The molecule has 0 bridgehead atoms. The molecule has 0 aliphatic carbocycles. The van der Waals surface area contributed by atoms with Gasteiger partial charge in [0.2, 0.25) is 0 Å². The van der Waals surface area contributed by atoms with Gasteiger partial charge in [-0.05, 0) is 31.9 Å². The number of nitrogens with zero attached hydrogens (tertiary/aromatic N) is 5. The molecular formula is C17H20N6O. The van der Waals surface area contributed by atoms with E-state index in [2.05, 4.69) is 21.6 Å². The van der Waals surface area contributed by atoms with Crippen LogP contribution in [0.3, 0.4) is 0 Å². The van der Waals surface area contributed by atoms with Crippen LogP contribution in [-0.2, 0) is 6.54 Å². The largest absolute Gasteiger partial charge is 0.346 e. The molecule has 1 aliphatic rings. The van der Waals surface area contributed by atoms with Gasteiger partial charge in [0, 0.05) is 49.2 Å². The van der Waals surface area contributed by atoms with Crippen LogP contribution in [0.25, 0.3) is 11.1 Å². The molecule has 124 valence electrons. The number of likely N-dealkylation sites (tertiary alicyclic amines) is 1. The van der Waals surface area contributed by atoms with E-state index in [-0.39, 0.29) is 11.9 Å². The summed E-state index contributed by atoms with van der Waals surface area (Å²) in [5, 5.41) is 16.1. The van der Waals surface area contributed by atoms with Crippen LogP contribution in [0.15, 0.2) is 24.7 Å². The van der Waals surface area contributed by atoms with E-state index in [4.69, 9.17) is 5.26 Å². The molecule has 1 atom stereocenters. The maximum Gasteiger partial charge on any atom is 0.270 e. The zero-order chi connectivity index (χ0) is 17.1. The fourth-order valence-electron chi connectivity index (χ4n) is 2.89. The molecule has 1 N–H and O–H groups in total. The number of nitrogens with one attached hydrogen (secondary N) is 1. The lowest BCUT2D eigenvalue weighted by molar-refractivity contribution is 0.0933. The minimum absolute atomic E-state index is 0.00159. The Hall–Kier alpha value is -2.88. The van der Waals surface area contributed by atoms with E-state index in [9.17, 15) is 4.79 Å². The molecule has 2 aromatic rings. The fourth-order valence-corrected chi connectivity index (χ4v) is 2.89. The van der Waals surface area contributed by atoms with Crippen LogP contribution in [0.2, 0.25) is 0 Å². The maximum absolute atomic E-state index is 12.4. The van der Waals surface area contributed by atoms with E-state index < -0.39 is 0 Å². The van der Waals surface area contributed by atoms with Gasteiger partial charge in [-0.25, -0.2) is 0 Å². The molecule has 1 aliphatic heterocycles. The fraction of sp³-hybridized carbons (Fsp3) is 0.412. The summed E-state index contributed by atoms with van der Waals surface area (Å²) in [6.07, 6.45) is 8.39. The van der Waals surface area contributed by atoms with Gasteiger partial charge in [-0.2, -0.15) is 10.4 Å². The monoisotopic (exact) mass is 324 g/mol. The summed E-state index contributed by atoms with van der Waals surface area (Å²) < 4.78 is 1.86. The Kier molecular flexibility index (Phi) is 4.47. The molecule has 0 spiro atoms. The SMILES string of the molecule is CCn1cc(-c2cnc(C(=O)NC3CCN(C#N)C3)cc2C)cn1. The second-order valence-electron chi connectivity index (χ2n) is 5.97. The maximum atomic E-state index is 12.4. The first-order valence-corrected chi connectivity index (χ1v) is 8.05. The predicted octanol–water partition coefficient (Wildman–Crippen LogP) is 1.56. The highest BCUT2D eigenvalue weighted by atomic mass is 16.1. The molecule has 0 saturated carbocycles. The lowest BCUT2D eigenvalue weighted by atomic mass is 10.1. The Balaban J connectivity index is 1.72. The summed E-state index contributed by atoms with van der Waals surface area (Å²) in [6, 6.07) is 1.80. The van der Waals surface area contributed by atoms with Gasteiger partial charge in [-0.15, -0.1) is 0 Å². The Morgan fingerprint density at radius 1 is 1.50 bits per heavy atom. The Labute approximate surface area is 140 Å². The van der Waals surface area contributed by atoms with Crippen LogP contribution in [0.5, 0.6) is 0 Å². The summed E-state index contributed by atoms with van der Waals surface area (Å²) in [4.78, 5) is 18.3. The smallest absolute Gasteiger partial charge is 0.270 e. The summed E-state index contributed by atoms with van der Waals surface area (Å²) in [5.41, 5.74) is 3.35. The second kappa shape index (κ2) is 6.71. The lowest BCUT2D eigenvalue weighted by Gasteiger charge is -2.12. The van der Waals surface area contributed by atoms with Crippen molar-refractivity contribution in [2.75, 3.05) is 13.1 Å².